The molecule has 0 saturated carbocycles. The van der Waals surface area contributed by atoms with Crippen LogP contribution in [0.15, 0.2) is 18.2 Å². The lowest BCUT2D eigenvalue weighted by molar-refractivity contribution is -0.131. The summed E-state index contributed by atoms with van der Waals surface area (Å²) in [6, 6.07) is 4.85. The summed E-state index contributed by atoms with van der Waals surface area (Å²) in [5.74, 6) is 1.96. The van der Waals surface area contributed by atoms with Crippen molar-refractivity contribution in [3.63, 3.8) is 0 Å². The van der Waals surface area contributed by atoms with Crippen molar-refractivity contribution in [1.29, 1.82) is 0 Å². The molecule has 2 saturated heterocycles. The molecule has 8 heteroatoms. The molecule has 2 fully saturated rings. The number of hydrogen-bond donors (Lipinski definition) is 2. The highest BCUT2D eigenvalue weighted by Crippen LogP contribution is 2.25. The first-order valence-corrected chi connectivity index (χ1v) is 9.79. The second kappa shape index (κ2) is 7.95. The van der Waals surface area contributed by atoms with Gasteiger partial charge >= 0.3 is 0 Å². The average molecular weight is 388 g/mol. The van der Waals surface area contributed by atoms with Gasteiger partial charge in [0.1, 0.15) is 0 Å². The van der Waals surface area contributed by atoms with Gasteiger partial charge in [-0.15, -0.1) is 11.8 Å². The highest BCUT2D eigenvalue weighted by molar-refractivity contribution is 7.99. The van der Waals surface area contributed by atoms with Crippen LogP contribution in [0.5, 0.6) is 0 Å². The van der Waals surface area contributed by atoms with Crippen molar-refractivity contribution in [3.05, 3.63) is 33.8 Å². The van der Waals surface area contributed by atoms with E-state index in [0.29, 0.717) is 17.1 Å². The molecule has 0 spiro atoms. The molecular formula is C16H19Cl2N3O2S. The number of halogens is 2. The molecule has 2 amide bonds. The molecule has 1 aromatic carbocycles. The van der Waals surface area contributed by atoms with E-state index in [4.69, 9.17) is 23.2 Å². The quantitative estimate of drug-likeness (QED) is 0.831. The Hall–Kier alpha value is -0.950. The number of amides is 2. The van der Waals surface area contributed by atoms with Crippen LogP contribution in [-0.4, -0.2) is 54.0 Å². The minimum atomic E-state index is -0.242. The molecule has 0 aliphatic carbocycles. The van der Waals surface area contributed by atoms with Gasteiger partial charge in [0, 0.05) is 25.4 Å². The summed E-state index contributed by atoms with van der Waals surface area (Å²) in [6.07, 6.45) is 0.740. The van der Waals surface area contributed by atoms with E-state index in [1.807, 2.05) is 4.90 Å². The molecule has 0 radical (unpaired) electrons. The van der Waals surface area contributed by atoms with Crippen LogP contribution >= 0.6 is 35.0 Å². The molecule has 5 nitrogen and oxygen atoms in total. The van der Waals surface area contributed by atoms with Gasteiger partial charge in [-0.05, 0) is 24.5 Å². The van der Waals surface area contributed by atoms with Crippen molar-refractivity contribution in [3.8, 4) is 0 Å². The monoisotopic (exact) mass is 387 g/mol. The van der Waals surface area contributed by atoms with Crippen molar-refractivity contribution < 1.29 is 9.59 Å². The van der Waals surface area contributed by atoms with E-state index >= 15 is 0 Å². The van der Waals surface area contributed by atoms with Crippen molar-refractivity contribution in [2.45, 2.75) is 12.5 Å². The van der Waals surface area contributed by atoms with Crippen molar-refractivity contribution in [1.82, 2.24) is 15.5 Å². The fraction of sp³-hybridized carbons (Fsp3) is 0.500. The fourth-order valence-electron chi connectivity index (χ4n) is 2.97. The second-order valence-corrected chi connectivity index (χ2v) is 7.87. The van der Waals surface area contributed by atoms with Gasteiger partial charge in [0.05, 0.1) is 27.5 Å². The summed E-state index contributed by atoms with van der Waals surface area (Å²) in [5.41, 5.74) is 0.372. The van der Waals surface area contributed by atoms with Crippen LogP contribution in [0.2, 0.25) is 10.0 Å². The SMILES string of the molecule is O=C(NC[C@@H]1CN[C@H](C(=O)N2CCSC2)C1)c1cccc(Cl)c1Cl. The Morgan fingerprint density at radius 1 is 1.38 bits per heavy atom. The third kappa shape index (κ3) is 3.99. The summed E-state index contributed by atoms with van der Waals surface area (Å²) in [7, 11) is 0. The maximum absolute atomic E-state index is 12.4. The minimum Gasteiger partial charge on any atom is -0.352 e. The predicted octanol–water partition coefficient (Wildman–Crippen LogP) is 2.23. The molecular weight excluding hydrogens is 369 g/mol. The summed E-state index contributed by atoms with van der Waals surface area (Å²) >= 11 is 13.8. The van der Waals surface area contributed by atoms with Crippen molar-refractivity contribution >= 4 is 46.8 Å². The Labute approximate surface area is 155 Å². The Bertz CT molecular complexity index is 638. The zero-order chi connectivity index (χ0) is 17.1. The number of nitrogens with zero attached hydrogens (tertiary/aromatic N) is 1. The average Bonchev–Trinajstić information content (AvgIpc) is 3.26. The molecule has 2 aliphatic rings. The molecule has 0 bridgehead atoms. The lowest BCUT2D eigenvalue weighted by atomic mass is 10.0. The smallest absolute Gasteiger partial charge is 0.252 e. The lowest BCUT2D eigenvalue weighted by Crippen LogP contribution is -2.42. The van der Waals surface area contributed by atoms with Crippen LogP contribution in [0.4, 0.5) is 0 Å². The number of carbonyl (C=O) groups excluding carboxylic acids is 2. The number of rotatable bonds is 4. The van der Waals surface area contributed by atoms with E-state index in [2.05, 4.69) is 10.6 Å². The van der Waals surface area contributed by atoms with Crippen LogP contribution in [0.25, 0.3) is 0 Å². The maximum atomic E-state index is 12.4. The summed E-state index contributed by atoms with van der Waals surface area (Å²) < 4.78 is 0. The molecule has 2 atom stereocenters. The first kappa shape index (κ1) is 17.9. The minimum absolute atomic E-state index is 0.139. The van der Waals surface area contributed by atoms with Gasteiger partial charge in [-0.25, -0.2) is 0 Å². The van der Waals surface area contributed by atoms with Gasteiger partial charge in [-0.1, -0.05) is 29.3 Å². The van der Waals surface area contributed by atoms with Gasteiger partial charge in [0.25, 0.3) is 5.91 Å². The third-order valence-electron chi connectivity index (χ3n) is 4.33. The largest absolute Gasteiger partial charge is 0.352 e. The summed E-state index contributed by atoms with van der Waals surface area (Å²) in [4.78, 5) is 26.5. The van der Waals surface area contributed by atoms with Crippen molar-refractivity contribution in [2.24, 2.45) is 5.92 Å². The molecule has 0 aromatic heterocycles. The van der Waals surface area contributed by atoms with Gasteiger partial charge in [-0.3, -0.25) is 9.59 Å². The Morgan fingerprint density at radius 2 is 2.21 bits per heavy atom. The van der Waals surface area contributed by atoms with E-state index in [1.54, 1.807) is 30.0 Å². The first-order chi connectivity index (χ1) is 11.6. The third-order valence-corrected chi connectivity index (χ3v) is 6.12. The molecule has 24 heavy (non-hydrogen) atoms. The molecule has 2 heterocycles. The van der Waals surface area contributed by atoms with Crippen LogP contribution in [0.3, 0.4) is 0 Å². The topological polar surface area (TPSA) is 61.4 Å². The number of benzene rings is 1. The zero-order valence-electron chi connectivity index (χ0n) is 13.1. The zero-order valence-corrected chi connectivity index (χ0v) is 15.4. The molecule has 1 aromatic rings. The number of hydrogen-bond acceptors (Lipinski definition) is 4. The number of carbonyl (C=O) groups is 2. The van der Waals surface area contributed by atoms with E-state index in [9.17, 15) is 9.59 Å². The summed E-state index contributed by atoms with van der Waals surface area (Å²) in [6.45, 7) is 2.06. The standard InChI is InChI=1S/C16H19Cl2N3O2S/c17-12-3-1-2-11(14(12)18)15(22)20-8-10-6-13(19-7-10)16(23)21-4-5-24-9-21/h1-3,10,13,19H,4-9H2,(H,20,22)/t10-,13-/m0/s1. The second-order valence-electron chi connectivity index (χ2n) is 6.01. The molecule has 2 aliphatic heterocycles. The van der Waals surface area contributed by atoms with Crippen molar-refractivity contribution in [2.75, 3.05) is 31.3 Å². The Kier molecular flexibility index (Phi) is 5.92. The van der Waals surface area contributed by atoms with Crippen LogP contribution in [0.1, 0.15) is 16.8 Å². The molecule has 0 unspecified atom stereocenters. The number of thioether (sulfide) groups is 1. The van der Waals surface area contributed by atoms with Crippen LogP contribution < -0.4 is 10.6 Å². The highest BCUT2D eigenvalue weighted by atomic mass is 35.5. The maximum Gasteiger partial charge on any atom is 0.252 e. The van der Waals surface area contributed by atoms with Gasteiger partial charge in [0.15, 0.2) is 0 Å². The molecule has 3 rings (SSSR count). The Balaban J connectivity index is 1.50. The normalized spacial score (nSPS) is 23.5. The van der Waals surface area contributed by atoms with E-state index < -0.39 is 0 Å². The fourth-order valence-corrected chi connectivity index (χ4v) is 4.31. The molecule has 130 valence electrons. The van der Waals surface area contributed by atoms with Gasteiger partial charge < -0.3 is 15.5 Å². The van der Waals surface area contributed by atoms with E-state index in [-0.39, 0.29) is 28.8 Å². The van der Waals surface area contributed by atoms with Gasteiger partial charge in [0.2, 0.25) is 5.91 Å². The molecule has 2 N–H and O–H groups in total. The lowest BCUT2D eigenvalue weighted by Gasteiger charge is -2.19. The predicted molar refractivity (Wildman–Crippen MR) is 97.7 cm³/mol. The Morgan fingerprint density at radius 3 is 2.96 bits per heavy atom. The highest BCUT2D eigenvalue weighted by Gasteiger charge is 2.33. The first-order valence-electron chi connectivity index (χ1n) is 7.88. The van der Waals surface area contributed by atoms with Gasteiger partial charge in [-0.2, -0.15) is 0 Å². The van der Waals surface area contributed by atoms with E-state index in [0.717, 1.165) is 31.1 Å². The van der Waals surface area contributed by atoms with E-state index in [1.165, 1.54) is 0 Å². The summed E-state index contributed by atoms with van der Waals surface area (Å²) in [5, 5.41) is 6.78. The van der Waals surface area contributed by atoms with Crippen LogP contribution in [-0.2, 0) is 4.79 Å². The number of nitrogens with one attached hydrogen (secondary N) is 2. The van der Waals surface area contributed by atoms with Crippen LogP contribution in [0, 0.1) is 5.92 Å².